The van der Waals surface area contributed by atoms with Gasteiger partial charge in [-0.1, -0.05) is 48.5 Å². The first-order valence-corrected chi connectivity index (χ1v) is 17.9. The average molecular weight is 735 g/mol. The van der Waals surface area contributed by atoms with Gasteiger partial charge in [0.1, 0.15) is 12.1 Å². The molecule has 0 spiro atoms. The highest BCUT2D eigenvalue weighted by Gasteiger charge is 2.26. The summed E-state index contributed by atoms with van der Waals surface area (Å²) in [5.74, 6) is -0.179. The summed E-state index contributed by atoms with van der Waals surface area (Å²) >= 11 is 0. The number of carbonyl (C=O) groups excluding carboxylic acids is 2. The molecule has 12 heteroatoms. The lowest BCUT2D eigenvalue weighted by Gasteiger charge is -2.15. The van der Waals surface area contributed by atoms with E-state index in [1.807, 2.05) is 24.3 Å². The first kappa shape index (κ1) is 38.3. The second-order valence-electron chi connectivity index (χ2n) is 13.1. The minimum Gasteiger partial charge on any atom is -0.481 e. The maximum Gasteiger partial charge on any atom is 0.325 e. The molecule has 4 aromatic rings. The van der Waals surface area contributed by atoms with E-state index >= 15 is 0 Å². The van der Waals surface area contributed by atoms with Gasteiger partial charge in [-0.25, -0.2) is 9.97 Å². The fourth-order valence-corrected chi connectivity index (χ4v) is 7.21. The number of aliphatic hydroxyl groups is 2. The smallest absolute Gasteiger partial charge is 0.325 e. The number of ether oxygens (including phenoxy) is 4. The second kappa shape index (κ2) is 17.6. The molecule has 0 bridgehead atoms. The van der Waals surface area contributed by atoms with Crippen molar-refractivity contribution in [3.05, 3.63) is 105 Å². The van der Waals surface area contributed by atoms with Gasteiger partial charge in [-0.05, 0) is 94.5 Å². The van der Waals surface area contributed by atoms with Crippen molar-refractivity contribution in [1.29, 1.82) is 0 Å². The molecule has 2 atom stereocenters. The number of benzene rings is 2. The molecule has 2 aliphatic carbocycles. The minimum absolute atomic E-state index is 0.277. The number of nitrogens with zero attached hydrogens (tertiary/aromatic N) is 2. The largest absolute Gasteiger partial charge is 0.481 e. The fourth-order valence-electron chi connectivity index (χ4n) is 7.21. The van der Waals surface area contributed by atoms with Crippen LogP contribution in [0.25, 0.3) is 34.4 Å². The van der Waals surface area contributed by atoms with Crippen LogP contribution in [0.4, 0.5) is 0 Å². The van der Waals surface area contributed by atoms with Gasteiger partial charge in [0, 0.05) is 24.2 Å². The molecule has 282 valence electrons. The second-order valence-corrected chi connectivity index (χ2v) is 13.1. The molecule has 0 saturated heterocycles. The van der Waals surface area contributed by atoms with E-state index < -0.39 is 24.0 Å². The van der Waals surface area contributed by atoms with Gasteiger partial charge in [0.2, 0.25) is 11.8 Å². The SMILES string of the molecule is COC(=O)[C@@H](CO)NCc1ccc(/C=C2\CCc3c2cccc3-c2cccc3c2CC/C3=C\c2ccc(CN[C@H](CO)C(=O)OC)c(OC)n2)nc1OC. The summed E-state index contributed by atoms with van der Waals surface area (Å²) in [5, 5.41) is 25.1. The molecule has 2 aliphatic rings. The molecule has 2 heterocycles. The number of esters is 2. The average Bonchev–Trinajstić information content (AvgIpc) is 3.82. The van der Waals surface area contributed by atoms with E-state index in [2.05, 4.69) is 59.2 Å². The molecular formula is C42H46N4O8. The molecule has 4 N–H and O–H groups in total. The molecule has 0 radical (unpaired) electrons. The molecule has 2 aromatic carbocycles. The van der Waals surface area contributed by atoms with E-state index in [9.17, 15) is 19.8 Å². The highest BCUT2D eigenvalue weighted by Crippen LogP contribution is 2.44. The topological polar surface area (TPSA) is 161 Å². The Morgan fingerprint density at radius 2 is 1.04 bits per heavy atom. The van der Waals surface area contributed by atoms with Crippen LogP contribution >= 0.6 is 0 Å². The van der Waals surface area contributed by atoms with Crippen LogP contribution in [0.3, 0.4) is 0 Å². The van der Waals surface area contributed by atoms with Crippen LogP contribution in [0.5, 0.6) is 11.8 Å². The van der Waals surface area contributed by atoms with Crippen molar-refractivity contribution < 1.29 is 38.7 Å². The fraction of sp³-hybridized carbons (Fsp3) is 0.333. The van der Waals surface area contributed by atoms with Crippen LogP contribution in [-0.2, 0) is 45.0 Å². The Balaban J connectivity index is 1.22. The van der Waals surface area contributed by atoms with Crippen LogP contribution < -0.4 is 20.1 Å². The van der Waals surface area contributed by atoms with E-state index in [1.165, 1.54) is 58.7 Å². The van der Waals surface area contributed by atoms with Gasteiger partial charge in [0.25, 0.3) is 0 Å². The van der Waals surface area contributed by atoms with Gasteiger partial charge in [0.15, 0.2) is 0 Å². The van der Waals surface area contributed by atoms with Crippen molar-refractivity contribution in [2.24, 2.45) is 0 Å². The van der Waals surface area contributed by atoms with Gasteiger partial charge >= 0.3 is 11.9 Å². The Hall–Kier alpha value is -5.40. The Kier molecular flexibility index (Phi) is 12.5. The Morgan fingerprint density at radius 1 is 0.630 bits per heavy atom. The number of fused-ring (bicyclic) bond motifs is 2. The molecule has 12 nitrogen and oxygen atoms in total. The van der Waals surface area contributed by atoms with E-state index in [0.29, 0.717) is 11.8 Å². The number of aromatic nitrogens is 2. The lowest BCUT2D eigenvalue weighted by molar-refractivity contribution is -0.145. The first-order valence-electron chi connectivity index (χ1n) is 17.9. The predicted molar refractivity (Wildman–Crippen MR) is 205 cm³/mol. The summed E-state index contributed by atoms with van der Waals surface area (Å²) in [4.78, 5) is 33.3. The number of aliphatic hydroxyl groups excluding tert-OH is 2. The van der Waals surface area contributed by atoms with Gasteiger partial charge in [-0.3, -0.25) is 20.2 Å². The summed E-state index contributed by atoms with van der Waals surface area (Å²) in [7, 11) is 5.70. The van der Waals surface area contributed by atoms with Crippen molar-refractivity contribution in [3.8, 4) is 22.9 Å². The molecule has 0 saturated carbocycles. The molecule has 0 amide bonds. The van der Waals surface area contributed by atoms with Crippen molar-refractivity contribution in [2.75, 3.05) is 41.7 Å². The Bertz CT molecular complexity index is 1930. The number of rotatable bonds is 15. The number of pyridine rings is 2. The van der Waals surface area contributed by atoms with Gasteiger partial charge in [0.05, 0.1) is 53.0 Å². The van der Waals surface area contributed by atoms with E-state index in [1.54, 1.807) is 14.2 Å². The number of carbonyl (C=O) groups is 2. The molecule has 6 rings (SSSR count). The highest BCUT2D eigenvalue weighted by atomic mass is 16.5. The Morgan fingerprint density at radius 3 is 1.41 bits per heavy atom. The monoisotopic (exact) mass is 734 g/mol. The summed E-state index contributed by atoms with van der Waals surface area (Å²) in [6, 6.07) is 19.1. The van der Waals surface area contributed by atoms with Crippen LogP contribution in [0, 0.1) is 0 Å². The zero-order chi connectivity index (χ0) is 38.2. The third-order valence-corrected chi connectivity index (χ3v) is 9.99. The molecule has 0 fully saturated rings. The van der Waals surface area contributed by atoms with Gasteiger partial charge < -0.3 is 29.2 Å². The van der Waals surface area contributed by atoms with Crippen LogP contribution in [0.2, 0.25) is 0 Å². The number of hydrogen-bond acceptors (Lipinski definition) is 12. The number of methoxy groups -OCH3 is 4. The summed E-state index contributed by atoms with van der Waals surface area (Å²) < 4.78 is 20.7. The summed E-state index contributed by atoms with van der Waals surface area (Å²) in [6.07, 6.45) is 7.84. The zero-order valence-corrected chi connectivity index (χ0v) is 31.0. The van der Waals surface area contributed by atoms with Crippen molar-refractivity contribution in [2.45, 2.75) is 50.9 Å². The van der Waals surface area contributed by atoms with Crippen molar-refractivity contribution in [3.63, 3.8) is 0 Å². The summed E-state index contributed by atoms with van der Waals surface area (Å²) in [5.41, 5.74) is 13.1. The van der Waals surface area contributed by atoms with E-state index in [0.717, 1.165) is 48.2 Å². The quantitative estimate of drug-likeness (QED) is 0.128. The molecule has 0 unspecified atom stereocenters. The molecular weight excluding hydrogens is 688 g/mol. The first-order chi connectivity index (χ1) is 26.3. The van der Waals surface area contributed by atoms with Crippen molar-refractivity contribution >= 4 is 35.2 Å². The third-order valence-electron chi connectivity index (χ3n) is 9.99. The minimum atomic E-state index is -0.838. The summed E-state index contributed by atoms with van der Waals surface area (Å²) in [6.45, 7) is -0.208. The van der Waals surface area contributed by atoms with Crippen LogP contribution in [-0.4, -0.2) is 85.9 Å². The van der Waals surface area contributed by atoms with Gasteiger partial charge in [-0.2, -0.15) is 0 Å². The lowest BCUT2D eigenvalue weighted by Crippen LogP contribution is -2.40. The highest BCUT2D eigenvalue weighted by molar-refractivity contribution is 5.92. The van der Waals surface area contributed by atoms with E-state index in [-0.39, 0.29) is 26.3 Å². The number of nitrogens with one attached hydrogen (secondary N) is 2. The third kappa shape index (κ3) is 8.22. The van der Waals surface area contributed by atoms with E-state index in [4.69, 9.17) is 28.9 Å². The maximum atomic E-state index is 11.9. The predicted octanol–water partition coefficient (Wildman–Crippen LogP) is 4.38. The lowest BCUT2D eigenvalue weighted by atomic mass is 9.91. The Labute approximate surface area is 314 Å². The number of allylic oxidation sites excluding steroid dienone is 2. The molecule has 2 aromatic heterocycles. The van der Waals surface area contributed by atoms with Crippen LogP contribution in [0.1, 0.15) is 57.6 Å². The van der Waals surface area contributed by atoms with Crippen LogP contribution in [0.15, 0.2) is 60.7 Å². The molecule has 0 aliphatic heterocycles. The normalized spacial score (nSPS) is 15.8. The van der Waals surface area contributed by atoms with Gasteiger partial charge in [-0.15, -0.1) is 0 Å². The maximum absolute atomic E-state index is 11.9. The zero-order valence-electron chi connectivity index (χ0n) is 31.0. The number of hydrogen-bond donors (Lipinski definition) is 4. The molecule has 54 heavy (non-hydrogen) atoms. The van der Waals surface area contributed by atoms with Crippen molar-refractivity contribution in [1.82, 2.24) is 20.6 Å². The standard InChI is InChI=1S/C42H46N4O8/c1-51-39-27(21-43-37(23-47)41(49)53-3)11-15-29(45-39)19-25-13-17-35-31(25)7-5-9-33(35)34-10-6-8-32-26(14-18-36(32)34)20-30-16-12-28(40(46-30)52-2)22-44-38(24-48)42(50)54-4/h5-12,15-16,19-20,37-38,43-44,47-48H,13-14,17-18,21-24H2,1-4H3/b25-19+,26-20+/t37-,38-/m1/s1.